The molecule has 106 valence electrons. The fourth-order valence-electron chi connectivity index (χ4n) is 3.20. The van der Waals surface area contributed by atoms with Gasteiger partial charge in [-0.05, 0) is 49.8 Å². The van der Waals surface area contributed by atoms with Gasteiger partial charge in [0.15, 0.2) is 0 Å². The molecule has 1 aliphatic carbocycles. The van der Waals surface area contributed by atoms with E-state index in [-0.39, 0.29) is 0 Å². The van der Waals surface area contributed by atoms with Gasteiger partial charge in [0, 0.05) is 17.9 Å². The quantitative estimate of drug-likeness (QED) is 0.816. The molecule has 1 N–H and O–H groups in total. The smallest absolute Gasteiger partial charge is 0.0406 e. The molecule has 1 aromatic heterocycles. The van der Waals surface area contributed by atoms with Crippen molar-refractivity contribution in [2.24, 2.45) is 5.92 Å². The molecule has 19 heavy (non-hydrogen) atoms. The Hall–Kier alpha value is -0.890. The number of pyridine rings is 1. The van der Waals surface area contributed by atoms with Crippen LogP contribution in [0.2, 0.25) is 0 Å². The molecule has 0 radical (unpaired) electrons. The molecule has 1 aromatic rings. The zero-order chi connectivity index (χ0) is 13.5. The third-order valence-corrected chi connectivity index (χ3v) is 4.32. The topological polar surface area (TPSA) is 24.9 Å². The van der Waals surface area contributed by atoms with E-state index in [0.29, 0.717) is 0 Å². The Kier molecular flexibility index (Phi) is 5.84. The normalized spacial score (nSPS) is 24.1. The first-order valence-electron chi connectivity index (χ1n) is 7.99. The molecular formula is C17H28N2. The van der Waals surface area contributed by atoms with Crippen molar-refractivity contribution in [3.8, 4) is 0 Å². The highest BCUT2D eigenvalue weighted by Crippen LogP contribution is 2.26. The van der Waals surface area contributed by atoms with Gasteiger partial charge in [0.05, 0.1) is 0 Å². The average molecular weight is 260 g/mol. The molecule has 1 fully saturated rings. The highest BCUT2D eigenvalue weighted by Gasteiger charge is 2.20. The summed E-state index contributed by atoms with van der Waals surface area (Å²) in [5.74, 6) is 0.812. The second-order valence-corrected chi connectivity index (χ2v) is 5.86. The first-order chi connectivity index (χ1) is 9.31. The molecule has 2 atom stereocenters. The van der Waals surface area contributed by atoms with Crippen molar-refractivity contribution in [3.05, 3.63) is 29.6 Å². The van der Waals surface area contributed by atoms with Crippen molar-refractivity contribution < 1.29 is 0 Å². The van der Waals surface area contributed by atoms with Crippen LogP contribution in [0.5, 0.6) is 0 Å². The molecule has 0 aromatic carbocycles. The number of nitrogens with zero attached hydrogens (tertiary/aromatic N) is 1. The lowest BCUT2D eigenvalue weighted by molar-refractivity contribution is 0.387. The largest absolute Gasteiger partial charge is 0.314 e. The van der Waals surface area contributed by atoms with Crippen molar-refractivity contribution >= 4 is 0 Å². The van der Waals surface area contributed by atoms with Crippen molar-refractivity contribution in [3.63, 3.8) is 0 Å². The molecule has 1 aliphatic rings. The van der Waals surface area contributed by atoms with Gasteiger partial charge in [0.2, 0.25) is 0 Å². The zero-order valence-corrected chi connectivity index (χ0v) is 12.5. The summed E-state index contributed by atoms with van der Waals surface area (Å²) in [6.45, 7) is 5.49. The summed E-state index contributed by atoms with van der Waals surface area (Å²) in [6, 6.07) is 5.19. The fraction of sp³-hybridized carbons (Fsp3) is 0.706. The summed E-state index contributed by atoms with van der Waals surface area (Å²) in [5, 5.41) is 3.64. The van der Waals surface area contributed by atoms with Crippen LogP contribution in [0.1, 0.15) is 57.2 Å². The van der Waals surface area contributed by atoms with Crippen LogP contribution in [0.15, 0.2) is 18.3 Å². The molecular weight excluding hydrogens is 232 g/mol. The average Bonchev–Trinajstić information content (AvgIpc) is 2.65. The van der Waals surface area contributed by atoms with Gasteiger partial charge in [0.25, 0.3) is 0 Å². The molecule has 0 bridgehead atoms. The second kappa shape index (κ2) is 7.64. The highest BCUT2D eigenvalue weighted by atomic mass is 14.9. The molecule has 2 unspecified atom stereocenters. The van der Waals surface area contributed by atoms with Gasteiger partial charge >= 0.3 is 0 Å². The lowest BCUT2D eigenvalue weighted by atomic mass is 9.93. The number of aryl methyl sites for hydroxylation is 1. The molecule has 0 aliphatic heterocycles. The van der Waals surface area contributed by atoms with Gasteiger partial charge < -0.3 is 5.32 Å². The molecule has 2 rings (SSSR count). The molecule has 2 nitrogen and oxygen atoms in total. The zero-order valence-electron chi connectivity index (χ0n) is 12.5. The maximum atomic E-state index is 4.62. The second-order valence-electron chi connectivity index (χ2n) is 5.86. The number of nitrogens with one attached hydrogen (secondary N) is 1. The lowest BCUT2D eigenvalue weighted by Gasteiger charge is -2.20. The third kappa shape index (κ3) is 4.61. The Morgan fingerprint density at radius 3 is 2.74 bits per heavy atom. The van der Waals surface area contributed by atoms with Crippen molar-refractivity contribution in [2.75, 3.05) is 6.54 Å². The molecule has 0 spiro atoms. The number of hydrogen-bond acceptors (Lipinski definition) is 2. The van der Waals surface area contributed by atoms with Crippen molar-refractivity contribution in [1.82, 2.24) is 10.3 Å². The van der Waals surface area contributed by atoms with E-state index in [9.17, 15) is 0 Å². The SMILES string of the molecule is CCNC1CCCCC(Cc2ccc(CC)cn2)C1. The number of rotatable bonds is 5. The minimum atomic E-state index is 0.729. The Bertz CT molecular complexity index is 358. The van der Waals surface area contributed by atoms with Gasteiger partial charge in [-0.3, -0.25) is 4.98 Å². The predicted molar refractivity (Wildman–Crippen MR) is 81.4 cm³/mol. The Labute approximate surface area is 118 Å². The van der Waals surface area contributed by atoms with E-state index in [1.165, 1.54) is 43.4 Å². The Morgan fingerprint density at radius 1 is 1.21 bits per heavy atom. The van der Waals surface area contributed by atoms with E-state index < -0.39 is 0 Å². The van der Waals surface area contributed by atoms with Gasteiger partial charge in [-0.1, -0.05) is 39.2 Å². The number of hydrogen-bond donors (Lipinski definition) is 1. The molecule has 1 heterocycles. The molecule has 2 heteroatoms. The van der Waals surface area contributed by atoms with Crippen LogP contribution in [0.4, 0.5) is 0 Å². The fourth-order valence-corrected chi connectivity index (χ4v) is 3.20. The minimum absolute atomic E-state index is 0.729. The molecule has 0 saturated heterocycles. The van der Waals surface area contributed by atoms with Crippen LogP contribution >= 0.6 is 0 Å². The predicted octanol–water partition coefficient (Wildman–Crippen LogP) is 3.74. The maximum absolute atomic E-state index is 4.62. The van der Waals surface area contributed by atoms with Gasteiger partial charge in [-0.15, -0.1) is 0 Å². The first kappa shape index (κ1) is 14.5. The van der Waals surface area contributed by atoms with Crippen LogP contribution in [0, 0.1) is 5.92 Å². The summed E-state index contributed by atoms with van der Waals surface area (Å²) in [7, 11) is 0. The van der Waals surface area contributed by atoms with Gasteiger partial charge in [0.1, 0.15) is 0 Å². The van der Waals surface area contributed by atoms with E-state index in [1.807, 2.05) is 6.20 Å². The molecule has 0 amide bonds. The number of aromatic nitrogens is 1. The van der Waals surface area contributed by atoms with E-state index in [0.717, 1.165) is 31.3 Å². The summed E-state index contributed by atoms with van der Waals surface area (Å²) in [4.78, 5) is 4.62. The van der Waals surface area contributed by atoms with Crippen LogP contribution in [-0.2, 0) is 12.8 Å². The van der Waals surface area contributed by atoms with Crippen LogP contribution < -0.4 is 5.32 Å². The monoisotopic (exact) mass is 260 g/mol. The summed E-state index contributed by atoms with van der Waals surface area (Å²) in [6.07, 6.45) is 11.1. The van der Waals surface area contributed by atoms with Crippen LogP contribution in [0.25, 0.3) is 0 Å². The summed E-state index contributed by atoms with van der Waals surface area (Å²) < 4.78 is 0. The van der Waals surface area contributed by atoms with Crippen molar-refractivity contribution in [2.45, 2.75) is 64.8 Å². The Morgan fingerprint density at radius 2 is 2.05 bits per heavy atom. The standard InChI is InChI=1S/C17H28N2/c1-3-14-9-10-17(19-13-14)12-15-7-5-6-8-16(11-15)18-4-2/h9-10,13,15-16,18H,3-8,11-12H2,1-2H3. The first-order valence-corrected chi connectivity index (χ1v) is 7.99. The van der Waals surface area contributed by atoms with E-state index >= 15 is 0 Å². The van der Waals surface area contributed by atoms with Crippen molar-refractivity contribution in [1.29, 1.82) is 0 Å². The van der Waals surface area contributed by atoms with Crippen LogP contribution in [0.3, 0.4) is 0 Å². The Balaban J connectivity index is 1.92. The maximum Gasteiger partial charge on any atom is 0.0406 e. The third-order valence-electron chi connectivity index (χ3n) is 4.32. The lowest BCUT2D eigenvalue weighted by Crippen LogP contribution is -2.30. The van der Waals surface area contributed by atoms with E-state index in [1.54, 1.807) is 0 Å². The van der Waals surface area contributed by atoms with Crippen LogP contribution in [-0.4, -0.2) is 17.6 Å². The summed E-state index contributed by atoms with van der Waals surface area (Å²) >= 11 is 0. The molecule has 1 saturated carbocycles. The summed E-state index contributed by atoms with van der Waals surface area (Å²) in [5.41, 5.74) is 2.62. The minimum Gasteiger partial charge on any atom is -0.314 e. The van der Waals surface area contributed by atoms with E-state index in [2.05, 4.69) is 36.3 Å². The van der Waals surface area contributed by atoms with E-state index in [4.69, 9.17) is 0 Å². The highest BCUT2D eigenvalue weighted by molar-refractivity contribution is 5.14. The van der Waals surface area contributed by atoms with Gasteiger partial charge in [-0.2, -0.15) is 0 Å². The van der Waals surface area contributed by atoms with Gasteiger partial charge in [-0.25, -0.2) is 0 Å².